The Morgan fingerprint density at radius 1 is 1.03 bits per heavy atom. The van der Waals surface area contributed by atoms with Crippen molar-refractivity contribution in [3.8, 4) is 0 Å². The van der Waals surface area contributed by atoms with E-state index in [-0.39, 0.29) is 5.56 Å². The number of hydrogen-bond donors (Lipinski definition) is 2. The average molecular weight is 484 g/mol. The van der Waals surface area contributed by atoms with Gasteiger partial charge in [-0.25, -0.2) is 0 Å². The molecule has 0 unspecified atom stereocenters. The molecule has 36 heavy (non-hydrogen) atoms. The number of rotatable bonds is 7. The molecule has 1 saturated carbocycles. The SMILES string of the molecule is C/C(=C\C=C(\Nc1ccc(N2CCN(C3CCCCC3)CC2)cc1)C1=NC=CC1)c1cc[nH]c(=O)c1. The van der Waals surface area contributed by atoms with Crippen molar-refractivity contribution in [3.63, 3.8) is 0 Å². The van der Waals surface area contributed by atoms with Crippen LogP contribution in [0.1, 0.15) is 51.0 Å². The molecule has 2 aliphatic heterocycles. The van der Waals surface area contributed by atoms with Crippen LogP contribution < -0.4 is 15.8 Å². The summed E-state index contributed by atoms with van der Waals surface area (Å²) in [6, 6.07) is 13.1. The van der Waals surface area contributed by atoms with Crippen LogP contribution in [-0.4, -0.2) is 47.8 Å². The van der Waals surface area contributed by atoms with Gasteiger partial charge in [-0.1, -0.05) is 31.4 Å². The topological polar surface area (TPSA) is 63.7 Å². The van der Waals surface area contributed by atoms with Gasteiger partial charge in [0, 0.05) is 68.5 Å². The number of aromatic amines is 1. The fourth-order valence-corrected chi connectivity index (χ4v) is 5.45. The first-order chi connectivity index (χ1) is 17.7. The second-order valence-corrected chi connectivity index (χ2v) is 10.0. The summed E-state index contributed by atoms with van der Waals surface area (Å²) in [5, 5.41) is 3.57. The van der Waals surface area contributed by atoms with Crippen molar-refractivity contribution in [2.75, 3.05) is 36.4 Å². The van der Waals surface area contributed by atoms with Crippen molar-refractivity contribution in [1.29, 1.82) is 0 Å². The Bertz CT molecular complexity index is 1210. The van der Waals surface area contributed by atoms with Crippen LogP contribution in [0.3, 0.4) is 0 Å². The van der Waals surface area contributed by atoms with Crippen molar-refractivity contribution < 1.29 is 0 Å². The minimum atomic E-state index is -0.0950. The molecule has 2 N–H and O–H groups in total. The maximum Gasteiger partial charge on any atom is 0.248 e. The zero-order valence-electron chi connectivity index (χ0n) is 21.2. The number of H-pyrrole nitrogens is 1. The highest BCUT2D eigenvalue weighted by atomic mass is 16.1. The summed E-state index contributed by atoms with van der Waals surface area (Å²) in [4.78, 5) is 24.1. The van der Waals surface area contributed by atoms with E-state index >= 15 is 0 Å². The minimum Gasteiger partial charge on any atom is -0.369 e. The molecule has 2 aromatic rings. The van der Waals surface area contributed by atoms with Crippen LogP contribution in [0.25, 0.3) is 5.57 Å². The van der Waals surface area contributed by atoms with Gasteiger partial charge in [0.2, 0.25) is 5.56 Å². The van der Waals surface area contributed by atoms with E-state index in [4.69, 9.17) is 0 Å². The van der Waals surface area contributed by atoms with Crippen molar-refractivity contribution in [2.24, 2.45) is 4.99 Å². The van der Waals surface area contributed by atoms with Gasteiger partial charge in [-0.05, 0) is 67.3 Å². The van der Waals surface area contributed by atoms with Crippen LogP contribution in [-0.2, 0) is 0 Å². The van der Waals surface area contributed by atoms with E-state index in [2.05, 4.69) is 61.5 Å². The molecule has 1 aromatic heterocycles. The highest BCUT2D eigenvalue weighted by Gasteiger charge is 2.25. The molecule has 3 heterocycles. The lowest BCUT2D eigenvalue weighted by molar-refractivity contribution is 0.148. The first-order valence-corrected chi connectivity index (χ1v) is 13.3. The molecule has 2 fully saturated rings. The van der Waals surface area contributed by atoms with Gasteiger partial charge in [0.25, 0.3) is 0 Å². The Hall–Kier alpha value is -3.38. The highest BCUT2D eigenvalue weighted by molar-refractivity contribution is 6.05. The van der Waals surface area contributed by atoms with Gasteiger partial charge in [-0.3, -0.25) is 14.7 Å². The van der Waals surface area contributed by atoms with Crippen LogP contribution >= 0.6 is 0 Å². The first kappa shape index (κ1) is 24.3. The summed E-state index contributed by atoms with van der Waals surface area (Å²) in [5.41, 5.74) is 6.15. The lowest BCUT2D eigenvalue weighted by Crippen LogP contribution is -2.50. The largest absolute Gasteiger partial charge is 0.369 e. The molecule has 0 atom stereocenters. The number of piperazine rings is 1. The molecule has 0 spiro atoms. The van der Waals surface area contributed by atoms with E-state index < -0.39 is 0 Å². The fourth-order valence-electron chi connectivity index (χ4n) is 5.45. The van der Waals surface area contributed by atoms with Gasteiger partial charge in [0.1, 0.15) is 0 Å². The quantitative estimate of drug-likeness (QED) is 0.504. The summed E-state index contributed by atoms with van der Waals surface area (Å²) >= 11 is 0. The third-order valence-corrected chi connectivity index (χ3v) is 7.61. The number of anilines is 2. The van der Waals surface area contributed by atoms with Crippen molar-refractivity contribution in [3.05, 3.63) is 88.6 Å². The average Bonchev–Trinajstić information content (AvgIpc) is 3.47. The minimum absolute atomic E-state index is 0.0950. The Kier molecular flexibility index (Phi) is 7.82. The van der Waals surface area contributed by atoms with Crippen LogP contribution in [0.5, 0.6) is 0 Å². The van der Waals surface area contributed by atoms with Crippen LogP contribution in [0.4, 0.5) is 11.4 Å². The van der Waals surface area contributed by atoms with Crippen molar-refractivity contribution >= 4 is 22.7 Å². The normalized spacial score (nSPS) is 20.0. The molecule has 0 bridgehead atoms. The molecule has 6 nitrogen and oxygen atoms in total. The number of benzene rings is 1. The standard InChI is InChI=1S/C30H37N5O/c1-23(24-15-17-32-30(36)22-24)9-14-29(28-8-5-16-31-28)33-25-10-12-27(13-11-25)35-20-18-34(19-21-35)26-6-3-2-4-7-26/h5,9-17,22,26,33H,2-4,6-8,18-21H2,1H3,(H,32,36)/b23-9+,29-14+. The number of nitrogens with one attached hydrogen (secondary N) is 2. The Morgan fingerprint density at radius 3 is 2.50 bits per heavy atom. The zero-order chi connectivity index (χ0) is 24.7. The third-order valence-electron chi connectivity index (χ3n) is 7.61. The zero-order valence-corrected chi connectivity index (χ0v) is 21.2. The molecular weight excluding hydrogens is 446 g/mol. The van der Waals surface area contributed by atoms with Gasteiger partial charge in [0.15, 0.2) is 0 Å². The molecule has 1 saturated heterocycles. The second-order valence-electron chi connectivity index (χ2n) is 10.0. The second kappa shape index (κ2) is 11.6. The van der Waals surface area contributed by atoms with Crippen LogP contribution in [0, 0.1) is 0 Å². The molecule has 6 heteroatoms. The monoisotopic (exact) mass is 483 g/mol. The first-order valence-electron chi connectivity index (χ1n) is 13.3. The Morgan fingerprint density at radius 2 is 1.81 bits per heavy atom. The van der Waals surface area contributed by atoms with Gasteiger partial charge in [0.05, 0.1) is 11.4 Å². The Balaban J connectivity index is 1.24. The highest BCUT2D eigenvalue weighted by Crippen LogP contribution is 2.26. The number of allylic oxidation sites excluding steroid dienone is 5. The van der Waals surface area contributed by atoms with Crippen LogP contribution in [0.15, 0.2) is 82.5 Å². The van der Waals surface area contributed by atoms with E-state index in [0.29, 0.717) is 0 Å². The van der Waals surface area contributed by atoms with E-state index in [0.717, 1.165) is 53.8 Å². The van der Waals surface area contributed by atoms with Crippen molar-refractivity contribution in [1.82, 2.24) is 9.88 Å². The maximum absolute atomic E-state index is 11.7. The predicted octanol–water partition coefficient (Wildman–Crippen LogP) is 5.59. The number of hydrogen-bond acceptors (Lipinski definition) is 5. The third kappa shape index (κ3) is 6.05. The van der Waals surface area contributed by atoms with Gasteiger partial charge in [-0.15, -0.1) is 0 Å². The van der Waals surface area contributed by atoms with E-state index in [1.165, 1.54) is 50.9 Å². The van der Waals surface area contributed by atoms with E-state index in [1.54, 1.807) is 12.3 Å². The number of aliphatic imine (C=N–C) groups is 1. The number of nitrogens with zero attached hydrogens (tertiary/aromatic N) is 3. The molecule has 1 aromatic carbocycles. The van der Waals surface area contributed by atoms with Crippen LogP contribution in [0.2, 0.25) is 0 Å². The molecule has 5 rings (SSSR count). The summed E-state index contributed by atoms with van der Waals surface area (Å²) in [5.74, 6) is 0. The van der Waals surface area contributed by atoms with Gasteiger partial charge < -0.3 is 15.2 Å². The molecule has 1 aliphatic carbocycles. The van der Waals surface area contributed by atoms with E-state index in [1.807, 2.05) is 25.3 Å². The molecule has 3 aliphatic rings. The number of pyridine rings is 1. The summed E-state index contributed by atoms with van der Waals surface area (Å²) < 4.78 is 0. The van der Waals surface area contributed by atoms with Crippen molar-refractivity contribution in [2.45, 2.75) is 51.5 Å². The lowest BCUT2D eigenvalue weighted by Gasteiger charge is -2.41. The molecular formula is C30H37N5O. The van der Waals surface area contributed by atoms with E-state index in [9.17, 15) is 4.79 Å². The summed E-state index contributed by atoms with van der Waals surface area (Å²) in [6.07, 6.45) is 17.5. The Labute approximate surface area is 214 Å². The summed E-state index contributed by atoms with van der Waals surface area (Å²) in [6.45, 7) is 6.56. The fraction of sp³-hybridized carbons (Fsp3) is 0.400. The van der Waals surface area contributed by atoms with Gasteiger partial charge >= 0.3 is 0 Å². The molecule has 0 radical (unpaired) electrons. The molecule has 188 valence electrons. The smallest absolute Gasteiger partial charge is 0.248 e. The predicted molar refractivity (Wildman–Crippen MR) is 151 cm³/mol. The van der Waals surface area contributed by atoms with Gasteiger partial charge in [-0.2, -0.15) is 0 Å². The summed E-state index contributed by atoms with van der Waals surface area (Å²) in [7, 11) is 0. The number of aromatic nitrogens is 1. The lowest BCUT2D eigenvalue weighted by atomic mass is 9.94. The maximum atomic E-state index is 11.7. The molecule has 0 amide bonds.